The minimum Gasteiger partial charge on any atom is -0.474 e. The van der Waals surface area contributed by atoms with Crippen LogP contribution in [0.5, 0.6) is 5.88 Å². The molecule has 0 radical (unpaired) electrons. The number of aromatic nitrogens is 1. The zero-order valence-corrected chi connectivity index (χ0v) is 14.7. The van der Waals surface area contributed by atoms with Crippen molar-refractivity contribution in [1.29, 1.82) is 0 Å². The topological polar surface area (TPSA) is 68.3 Å². The van der Waals surface area contributed by atoms with E-state index in [0.29, 0.717) is 10.9 Å². The summed E-state index contributed by atoms with van der Waals surface area (Å²) in [5.74, 6) is 0.546. The van der Waals surface area contributed by atoms with Gasteiger partial charge in [0.2, 0.25) is 15.9 Å². The lowest BCUT2D eigenvalue weighted by Gasteiger charge is -2.13. The molecule has 24 heavy (non-hydrogen) atoms. The van der Waals surface area contributed by atoms with Gasteiger partial charge >= 0.3 is 0 Å². The number of hydrogen-bond donors (Lipinski definition) is 1. The van der Waals surface area contributed by atoms with Crippen LogP contribution in [0.2, 0.25) is 5.02 Å². The Morgan fingerprint density at radius 1 is 1.17 bits per heavy atom. The molecule has 1 N–H and O–H groups in total. The Morgan fingerprint density at radius 3 is 2.58 bits per heavy atom. The van der Waals surface area contributed by atoms with Gasteiger partial charge in [0.25, 0.3) is 0 Å². The molecule has 128 valence electrons. The van der Waals surface area contributed by atoms with E-state index in [1.807, 2.05) is 0 Å². The van der Waals surface area contributed by atoms with Gasteiger partial charge in [-0.05, 0) is 61.6 Å². The van der Waals surface area contributed by atoms with Crippen molar-refractivity contribution in [3.63, 3.8) is 0 Å². The molecular formula is C17H19ClN2O3S. The molecule has 0 atom stereocenters. The number of hydrogen-bond acceptors (Lipinski definition) is 4. The van der Waals surface area contributed by atoms with Crippen molar-refractivity contribution in [2.75, 3.05) is 0 Å². The SMILES string of the molecule is O=S(=O)(NCc1ccnc(OC2CCCC2)c1)c1ccc(Cl)cc1. The predicted molar refractivity (Wildman–Crippen MR) is 92.6 cm³/mol. The number of halogens is 1. The Balaban J connectivity index is 1.64. The second-order valence-electron chi connectivity index (χ2n) is 5.81. The van der Waals surface area contributed by atoms with E-state index in [1.165, 1.54) is 25.0 Å². The summed E-state index contributed by atoms with van der Waals surface area (Å²) in [5.41, 5.74) is 0.801. The van der Waals surface area contributed by atoms with Crippen LogP contribution in [-0.4, -0.2) is 19.5 Å². The summed E-state index contributed by atoms with van der Waals surface area (Å²) in [6.07, 6.45) is 6.33. The van der Waals surface area contributed by atoms with E-state index in [0.717, 1.165) is 18.4 Å². The van der Waals surface area contributed by atoms with E-state index in [9.17, 15) is 8.42 Å². The van der Waals surface area contributed by atoms with Crippen molar-refractivity contribution in [3.8, 4) is 5.88 Å². The highest BCUT2D eigenvalue weighted by Crippen LogP contribution is 2.23. The van der Waals surface area contributed by atoms with Gasteiger partial charge in [-0.15, -0.1) is 0 Å². The van der Waals surface area contributed by atoms with Crippen LogP contribution in [0.25, 0.3) is 0 Å². The van der Waals surface area contributed by atoms with Crippen molar-refractivity contribution in [2.45, 2.75) is 43.2 Å². The number of benzene rings is 1. The number of nitrogens with one attached hydrogen (secondary N) is 1. The minimum atomic E-state index is -3.58. The van der Waals surface area contributed by atoms with Crippen LogP contribution < -0.4 is 9.46 Å². The van der Waals surface area contributed by atoms with Crippen LogP contribution >= 0.6 is 11.6 Å². The zero-order valence-electron chi connectivity index (χ0n) is 13.1. The van der Waals surface area contributed by atoms with Crippen LogP contribution in [0.15, 0.2) is 47.5 Å². The van der Waals surface area contributed by atoms with E-state index in [4.69, 9.17) is 16.3 Å². The molecule has 1 fully saturated rings. The van der Waals surface area contributed by atoms with E-state index in [1.54, 1.807) is 30.5 Å². The summed E-state index contributed by atoms with van der Waals surface area (Å²) in [7, 11) is -3.58. The fourth-order valence-corrected chi connectivity index (χ4v) is 3.82. The first-order valence-corrected chi connectivity index (χ1v) is 9.76. The van der Waals surface area contributed by atoms with Crippen molar-refractivity contribution in [1.82, 2.24) is 9.71 Å². The molecule has 1 aliphatic carbocycles. The Hall–Kier alpha value is -1.63. The van der Waals surface area contributed by atoms with Gasteiger partial charge in [0, 0.05) is 23.8 Å². The molecular weight excluding hydrogens is 348 g/mol. The average Bonchev–Trinajstić information content (AvgIpc) is 3.07. The Labute approximate surface area is 147 Å². The standard InChI is InChI=1S/C17H19ClN2O3S/c18-14-5-7-16(8-6-14)24(21,22)20-12-13-9-10-19-17(11-13)23-15-3-1-2-4-15/h5-11,15,20H,1-4,12H2. The predicted octanol–water partition coefficient (Wildman–Crippen LogP) is 3.53. The molecule has 1 aromatic carbocycles. The highest BCUT2D eigenvalue weighted by atomic mass is 35.5. The summed E-state index contributed by atoms with van der Waals surface area (Å²) in [4.78, 5) is 4.38. The van der Waals surface area contributed by atoms with Gasteiger partial charge in [-0.25, -0.2) is 18.1 Å². The third-order valence-electron chi connectivity index (χ3n) is 3.98. The van der Waals surface area contributed by atoms with Gasteiger partial charge in [-0.1, -0.05) is 11.6 Å². The van der Waals surface area contributed by atoms with Gasteiger partial charge in [-0.2, -0.15) is 0 Å². The molecule has 0 saturated heterocycles. The highest BCUT2D eigenvalue weighted by Gasteiger charge is 2.17. The molecule has 0 amide bonds. The molecule has 1 heterocycles. The lowest BCUT2D eigenvalue weighted by atomic mass is 10.2. The molecule has 1 aliphatic rings. The number of nitrogens with zero attached hydrogens (tertiary/aromatic N) is 1. The van der Waals surface area contributed by atoms with E-state index in [2.05, 4.69) is 9.71 Å². The monoisotopic (exact) mass is 366 g/mol. The Bertz CT molecular complexity index is 788. The molecule has 5 nitrogen and oxygen atoms in total. The number of pyridine rings is 1. The number of rotatable bonds is 6. The fourth-order valence-electron chi connectivity index (χ4n) is 2.68. The maximum absolute atomic E-state index is 12.3. The first kappa shape index (κ1) is 17.2. The van der Waals surface area contributed by atoms with Crippen LogP contribution in [-0.2, 0) is 16.6 Å². The molecule has 0 aliphatic heterocycles. The largest absolute Gasteiger partial charge is 0.474 e. The quantitative estimate of drug-likeness (QED) is 0.849. The normalized spacial score (nSPS) is 15.5. The molecule has 7 heteroatoms. The lowest BCUT2D eigenvalue weighted by Crippen LogP contribution is -2.23. The van der Waals surface area contributed by atoms with Crippen LogP contribution in [0.3, 0.4) is 0 Å². The minimum absolute atomic E-state index is 0.175. The Morgan fingerprint density at radius 2 is 1.88 bits per heavy atom. The first-order valence-electron chi connectivity index (χ1n) is 7.90. The van der Waals surface area contributed by atoms with E-state index < -0.39 is 10.0 Å². The Kier molecular flexibility index (Phi) is 5.38. The molecule has 2 aromatic rings. The van der Waals surface area contributed by atoms with Crippen LogP contribution in [0.4, 0.5) is 0 Å². The van der Waals surface area contributed by atoms with Crippen LogP contribution in [0.1, 0.15) is 31.2 Å². The molecule has 0 bridgehead atoms. The van der Waals surface area contributed by atoms with Crippen molar-refractivity contribution in [2.24, 2.45) is 0 Å². The molecule has 0 spiro atoms. The summed E-state index contributed by atoms with van der Waals surface area (Å²) in [6, 6.07) is 9.61. The van der Waals surface area contributed by atoms with Gasteiger partial charge in [-0.3, -0.25) is 0 Å². The molecule has 3 rings (SSSR count). The summed E-state index contributed by atoms with van der Waals surface area (Å²) >= 11 is 5.79. The molecule has 1 saturated carbocycles. The maximum Gasteiger partial charge on any atom is 0.240 e. The smallest absolute Gasteiger partial charge is 0.240 e. The van der Waals surface area contributed by atoms with Crippen LogP contribution in [0, 0.1) is 0 Å². The molecule has 1 aromatic heterocycles. The summed E-state index contributed by atoms with van der Waals surface area (Å²) in [6.45, 7) is 0.175. The number of ether oxygens (including phenoxy) is 1. The summed E-state index contributed by atoms with van der Waals surface area (Å²) in [5, 5.41) is 0.497. The average molecular weight is 367 g/mol. The third kappa shape index (κ3) is 4.47. The van der Waals surface area contributed by atoms with Gasteiger partial charge in [0.05, 0.1) is 4.90 Å². The third-order valence-corrected chi connectivity index (χ3v) is 5.65. The lowest BCUT2D eigenvalue weighted by molar-refractivity contribution is 0.201. The van der Waals surface area contributed by atoms with E-state index in [-0.39, 0.29) is 17.5 Å². The summed E-state index contributed by atoms with van der Waals surface area (Å²) < 4.78 is 33.0. The number of sulfonamides is 1. The van der Waals surface area contributed by atoms with Gasteiger partial charge in [0.15, 0.2) is 0 Å². The van der Waals surface area contributed by atoms with Gasteiger partial charge in [0.1, 0.15) is 6.10 Å². The maximum atomic E-state index is 12.3. The second-order valence-corrected chi connectivity index (χ2v) is 8.01. The van der Waals surface area contributed by atoms with E-state index >= 15 is 0 Å². The van der Waals surface area contributed by atoms with Crippen molar-refractivity contribution in [3.05, 3.63) is 53.2 Å². The fraction of sp³-hybridized carbons (Fsp3) is 0.353. The van der Waals surface area contributed by atoms with Crippen molar-refractivity contribution < 1.29 is 13.2 Å². The van der Waals surface area contributed by atoms with Gasteiger partial charge < -0.3 is 4.74 Å². The second kappa shape index (κ2) is 7.51. The van der Waals surface area contributed by atoms with Crippen molar-refractivity contribution >= 4 is 21.6 Å². The highest BCUT2D eigenvalue weighted by molar-refractivity contribution is 7.89. The first-order chi connectivity index (χ1) is 11.5. The zero-order chi connectivity index (χ0) is 17.0. The molecule has 0 unspecified atom stereocenters.